The van der Waals surface area contributed by atoms with E-state index in [1.165, 1.54) is 4.90 Å². The second kappa shape index (κ2) is 8.41. The van der Waals surface area contributed by atoms with Crippen molar-refractivity contribution < 1.29 is 24.2 Å². The van der Waals surface area contributed by atoms with Crippen LogP contribution in [0.2, 0.25) is 0 Å². The number of nitrogens with zero attached hydrogens (tertiary/aromatic N) is 2. The lowest BCUT2D eigenvalue weighted by Gasteiger charge is -2.25. The van der Waals surface area contributed by atoms with E-state index in [2.05, 4.69) is 0 Å². The van der Waals surface area contributed by atoms with Crippen LogP contribution in [0.25, 0.3) is 5.76 Å². The highest BCUT2D eigenvalue weighted by Gasteiger charge is 2.47. The van der Waals surface area contributed by atoms with Crippen molar-refractivity contribution in [3.63, 3.8) is 0 Å². The molecular formula is C27H20N2O5. The molecule has 1 unspecified atom stereocenters. The first-order valence-electron chi connectivity index (χ1n) is 10.7. The van der Waals surface area contributed by atoms with Crippen LogP contribution < -0.4 is 14.4 Å². The highest BCUT2D eigenvalue weighted by Crippen LogP contribution is 2.43. The molecule has 0 radical (unpaired) electrons. The Hall–Kier alpha value is -4.57. The molecule has 3 aromatic carbocycles. The molecule has 1 N–H and O–H groups in total. The lowest BCUT2D eigenvalue weighted by molar-refractivity contribution is -0.132. The molecule has 7 nitrogen and oxygen atoms in total. The number of hydrogen-bond acceptors (Lipinski definition) is 6. The minimum Gasteiger partial charge on any atom is -0.507 e. The summed E-state index contributed by atoms with van der Waals surface area (Å²) >= 11 is 0. The summed E-state index contributed by atoms with van der Waals surface area (Å²) < 4.78 is 10.8. The number of anilines is 1. The fourth-order valence-electron chi connectivity index (χ4n) is 4.39. The van der Waals surface area contributed by atoms with Gasteiger partial charge in [0.25, 0.3) is 11.7 Å². The van der Waals surface area contributed by atoms with Gasteiger partial charge in [-0.25, -0.2) is 0 Å². The van der Waals surface area contributed by atoms with Gasteiger partial charge in [-0.3, -0.25) is 14.5 Å². The molecule has 3 aromatic rings. The number of aliphatic hydroxyl groups is 1. The molecule has 0 aromatic heterocycles. The smallest absolute Gasteiger partial charge is 0.300 e. The topological polar surface area (TPSA) is 99.9 Å². The van der Waals surface area contributed by atoms with E-state index in [9.17, 15) is 14.7 Å². The van der Waals surface area contributed by atoms with Gasteiger partial charge >= 0.3 is 0 Å². The van der Waals surface area contributed by atoms with E-state index in [-0.39, 0.29) is 11.3 Å². The molecule has 0 saturated carbocycles. The van der Waals surface area contributed by atoms with Gasteiger partial charge in [0.1, 0.15) is 17.3 Å². The van der Waals surface area contributed by atoms with Crippen LogP contribution in [0.3, 0.4) is 0 Å². The molecule has 0 aliphatic carbocycles. The average molecular weight is 452 g/mol. The molecular weight excluding hydrogens is 432 g/mol. The first-order chi connectivity index (χ1) is 16.5. The predicted molar refractivity (Wildman–Crippen MR) is 125 cm³/mol. The molecule has 0 bridgehead atoms. The summed E-state index contributed by atoms with van der Waals surface area (Å²) in [5.41, 5.74) is 2.89. The molecule has 34 heavy (non-hydrogen) atoms. The summed E-state index contributed by atoms with van der Waals surface area (Å²) in [5.74, 6) is -0.403. The largest absolute Gasteiger partial charge is 0.507 e. The van der Waals surface area contributed by atoms with Crippen LogP contribution in [-0.4, -0.2) is 30.5 Å². The van der Waals surface area contributed by atoms with E-state index in [1.54, 1.807) is 73.8 Å². The average Bonchev–Trinajstić information content (AvgIpc) is 3.45. The lowest BCUT2D eigenvalue weighted by Crippen LogP contribution is -2.29. The van der Waals surface area contributed by atoms with E-state index in [1.807, 2.05) is 6.07 Å². The molecule has 1 fully saturated rings. The third-order valence-electron chi connectivity index (χ3n) is 6.11. The minimum atomic E-state index is -0.858. The summed E-state index contributed by atoms with van der Waals surface area (Å²) in [6.07, 6.45) is 0.706. The summed E-state index contributed by atoms with van der Waals surface area (Å²) in [6, 6.07) is 19.8. The molecule has 1 saturated heterocycles. The maximum Gasteiger partial charge on any atom is 0.300 e. The fourth-order valence-corrected chi connectivity index (χ4v) is 4.39. The maximum absolute atomic E-state index is 13.3. The van der Waals surface area contributed by atoms with Crippen LogP contribution in [0.1, 0.15) is 28.3 Å². The van der Waals surface area contributed by atoms with Crippen LogP contribution >= 0.6 is 0 Å². The van der Waals surface area contributed by atoms with Gasteiger partial charge in [-0.05, 0) is 65.7 Å². The van der Waals surface area contributed by atoms with E-state index < -0.39 is 17.7 Å². The van der Waals surface area contributed by atoms with Crippen molar-refractivity contribution in [2.24, 2.45) is 0 Å². The van der Waals surface area contributed by atoms with Gasteiger partial charge in [0.05, 0.1) is 37.0 Å². The number of rotatable bonds is 4. The zero-order valence-electron chi connectivity index (χ0n) is 18.3. The number of hydrogen-bond donors (Lipinski definition) is 1. The molecule has 2 aliphatic heterocycles. The van der Waals surface area contributed by atoms with Crippen LogP contribution in [0.15, 0.2) is 72.3 Å². The van der Waals surface area contributed by atoms with E-state index in [4.69, 9.17) is 14.7 Å². The Morgan fingerprint density at radius 2 is 1.82 bits per heavy atom. The Morgan fingerprint density at radius 1 is 1.09 bits per heavy atom. The molecule has 168 valence electrons. The lowest BCUT2D eigenvalue weighted by atomic mass is 9.94. The van der Waals surface area contributed by atoms with Gasteiger partial charge in [0, 0.05) is 17.7 Å². The first kappa shape index (κ1) is 21.3. The van der Waals surface area contributed by atoms with Crippen molar-refractivity contribution in [2.45, 2.75) is 12.5 Å². The van der Waals surface area contributed by atoms with Crippen molar-refractivity contribution in [3.05, 3.63) is 94.6 Å². The second-order valence-electron chi connectivity index (χ2n) is 8.02. The number of ketones is 1. The van der Waals surface area contributed by atoms with E-state index in [0.717, 1.165) is 11.3 Å². The highest BCUT2D eigenvalue weighted by molar-refractivity contribution is 6.51. The van der Waals surface area contributed by atoms with Crippen molar-refractivity contribution in [1.29, 1.82) is 5.26 Å². The van der Waals surface area contributed by atoms with Crippen LogP contribution in [0, 0.1) is 11.3 Å². The van der Waals surface area contributed by atoms with E-state index in [0.29, 0.717) is 41.2 Å². The summed E-state index contributed by atoms with van der Waals surface area (Å²) in [7, 11) is 1.55. The molecule has 0 spiro atoms. The summed E-state index contributed by atoms with van der Waals surface area (Å²) in [5, 5.41) is 20.4. The van der Waals surface area contributed by atoms with Gasteiger partial charge in [-0.2, -0.15) is 5.26 Å². The van der Waals surface area contributed by atoms with Crippen molar-refractivity contribution >= 4 is 23.1 Å². The monoisotopic (exact) mass is 452 g/mol. The Balaban J connectivity index is 1.68. The van der Waals surface area contributed by atoms with Crippen molar-refractivity contribution in [3.8, 4) is 17.6 Å². The minimum absolute atomic E-state index is 0.00149. The number of nitriles is 1. The third kappa shape index (κ3) is 3.46. The number of fused-ring (bicyclic) bond motifs is 1. The third-order valence-corrected chi connectivity index (χ3v) is 6.11. The number of methoxy groups -OCH3 is 1. The van der Waals surface area contributed by atoms with Gasteiger partial charge < -0.3 is 14.6 Å². The number of benzene rings is 3. The van der Waals surface area contributed by atoms with Gasteiger partial charge in [-0.15, -0.1) is 0 Å². The normalized spacial score (nSPS) is 18.4. The molecule has 2 aliphatic rings. The Morgan fingerprint density at radius 3 is 2.50 bits per heavy atom. The SMILES string of the molecule is COc1ccc(C2/C(=C(/O)c3ccc4c(c3)CCO4)C(=O)C(=O)N2c2ccc(C#N)cc2)cc1. The van der Waals surface area contributed by atoms with Crippen LogP contribution in [-0.2, 0) is 16.0 Å². The maximum atomic E-state index is 13.3. The zero-order valence-corrected chi connectivity index (χ0v) is 18.3. The van der Waals surface area contributed by atoms with Crippen molar-refractivity contribution in [1.82, 2.24) is 0 Å². The van der Waals surface area contributed by atoms with Gasteiger partial charge in [-0.1, -0.05) is 12.1 Å². The molecule has 7 heteroatoms. The molecule has 2 heterocycles. The first-order valence-corrected chi connectivity index (χ1v) is 10.7. The Kier molecular flexibility index (Phi) is 5.27. The standard InChI is InChI=1S/C27H20N2O5/c1-33-21-9-4-17(5-10-21)24-23(25(30)19-6-11-22-18(14-19)12-13-34-22)26(31)27(32)29(24)20-7-2-16(15-28)3-8-20/h2-11,14,24,30H,12-13H2,1H3/b25-23-. The van der Waals surface area contributed by atoms with Gasteiger partial charge in [0.2, 0.25) is 0 Å². The Labute approximate surface area is 196 Å². The second-order valence-corrected chi connectivity index (χ2v) is 8.02. The van der Waals surface area contributed by atoms with Gasteiger partial charge in [0.15, 0.2) is 0 Å². The number of aliphatic hydroxyl groups excluding tert-OH is 1. The Bertz CT molecular complexity index is 1370. The molecule has 1 atom stereocenters. The number of ether oxygens (including phenoxy) is 2. The predicted octanol–water partition coefficient (Wildman–Crippen LogP) is 4.13. The number of Topliss-reactive ketones (excluding diaryl/α,β-unsaturated/α-hetero) is 1. The quantitative estimate of drug-likeness (QED) is 0.363. The number of carbonyl (C=O) groups is 2. The number of carbonyl (C=O) groups excluding carboxylic acids is 2. The number of amides is 1. The van der Waals surface area contributed by atoms with E-state index >= 15 is 0 Å². The van der Waals surface area contributed by atoms with Crippen LogP contribution in [0.4, 0.5) is 5.69 Å². The van der Waals surface area contributed by atoms with Crippen molar-refractivity contribution in [2.75, 3.05) is 18.6 Å². The zero-order chi connectivity index (χ0) is 23.8. The summed E-state index contributed by atoms with van der Waals surface area (Å²) in [6.45, 7) is 0.564. The fraction of sp³-hybridized carbons (Fsp3) is 0.148. The summed E-state index contributed by atoms with van der Waals surface area (Å²) in [4.78, 5) is 27.8. The molecule has 5 rings (SSSR count). The highest BCUT2D eigenvalue weighted by atomic mass is 16.5. The molecule has 1 amide bonds. The van der Waals surface area contributed by atoms with Crippen LogP contribution in [0.5, 0.6) is 11.5 Å².